The standard InChI is InChI=1S/C36H58N4/c37-23-25-21-35(39-31-13-5-1-9-26(31)27-10-2-6-14-32(27)39)36(22-30(25)24-17-19-38-20-18-24)40-33-15-7-3-11-28(33)29-12-4-8-16-34(29)40/h24-36,38H,1-22H2. The summed E-state index contributed by atoms with van der Waals surface area (Å²) in [4.78, 5) is 6.54. The SMILES string of the molecule is N#CC1CC(N2C3CCCCC3C3CCCCC32)C(N2C3CCCCC3C3CCCCC32)CC1C1CCNCC1. The fraction of sp³-hybridized carbons (Fsp3) is 0.972. The highest BCUT2D eigenvalue weighted by atomic mass is 15.3. The van der Waals surface area contributed by atoms with Gasteiger partial charge in [-0.15, -0.1) is 0 Å². The van der Waals surface area contributed by atoms with Gasteiger partial charge in [-0.2, -0.15) is 5.26 Å². The number of piperidine rings is 1. The van der Waals surface area contributed by atoms with Gasteiger partial charge in [0.1, 0.15) is 0 Å². The van der Waals surface area contributed by atoms with E-state index in [4.69, 9.17) is 0 Å². The first kappa shape index (κ1) is 27.0. The molecular weight excluding hydrogens is 488 g/mol. The zero-order valence-corrected chi connectivity index (χ0v) is 25.4. The van der Waals surface area contributed by atoms with Gasteiger partial charge in [-0.25, -0.2) is 0 Å². The van der Waals surface area contributed by atoms with Gasteiger partial charge in [0.2, 0.25) is 0 Å². The van der Waals surface area contributed by atoms with Crippen molar-refractivity contribution < 1.29 is 0 Å². The summed E-state index contributed by atoms with van der Waals surface area (Å²) in [7, 11) is 0. The lowest BCUT2D eigenvalue weighted by Gasteiger charge is -2.55. The second-order valence-electron chi connectivity index (χ2n) is 16.1. The molecule has 8 aliphatic rings. The monoisotopic (exact) mass is 546 g/mol. The van der Waals surface area contributed by atoms with Gasteiger partial charge in [0.25, 0.3) is 0 Å². The number of nitrogens with one attached hydrogen (secondary N) is 1. The molecule has 3 aliphatic heterocycles. The van der Waals surface area contributed by atoms with Gasteiger partial charge in [-0.3, -0.25) is 9.80 Å². The minimum absolute atomic E-state index is 0.279. The van der Waals surface area contributed by atoms with E-state index in [1.54, 1.807) is 0 Å². The van der Waals surface area contributed by atoms with E-state index < -0.39 is 0 Å². The van der Waals surface area contributed by atoms with E-state index in [1.807, 2.05) is 0 Å². The van der Waals surface area contributed by atoms with Crippen LogP contribution in [0.4, 0.5) is 0 Å². The Morgan fingerprint density at radius 1 is 0.450 bits per heavy atom. The highest BCUT2D eigenvalue weighted by Crippen LogP contribution is 2.56. The van der Waals surface area contributed by atoms with Gasteiger partial charge in [0.15, 0.2) is 0 Å². The highest BCUT2D eigenvalue weighted by molar-refractivity contribution is 5.14. The average Bonchev–Trinajstić information content (AvgIpc) is 3.54. The third kappa shape index (κ3) is 4.45. The molecule has 222 valence electrons. The van der Waals surface area contributed by atoms with Crippen LogP contribution in [0.2, 0.25) is 0 Å². The molecule has 4 nitrogen and oxygen atoms in total. The molecule has 0 aromatic rings. The van der Waals surface area contributed by atoms with Gasteiger partial charge in [0.05, 0.1) is 12.0 Å². The van der Waals surface area contributed by atoms with E-state index in [0.717, 1.165) is 53.8 Å². The normalized spacial score (nSPS) is 50.4. The topological polar surface area (TPSA) is 42.3 Å². The molecule has 8 rings (SSSR count). The molecule has 0 amide bonds. The zero-order chi connectivity index (χ0) is 26.6. The van der Waals surface area contributed by atoms with Crippen LogP contribution in [0.5, 0.6) is 0 Å². The van der Waals surface area contributed by atoms with Crippen LogP contribution in [-0.2, 0) is 0 Å². The van der Waals surface area contributed by atoms with Crippen molar-refractivity contribution in [1.82, 2.24) is 15.1 Å². The molecular formula is C36H58N4. The van der Waals surface area contributed by atoms with Gasteiger partial charge in [-0.1, -0.05) is 51.4 Å². The van der Waals surface area contributed by atoms with Crippen molar-refractivity contribution in [2.45, 2.75) is 165 Å². The predicted molar refractivity (Wildman–Crippen MR) is 162 cm³/mol. The fourth-order valence-electron chi connectivity index (χ4n) is 13.3. The molecule has 5 aliphatic carbocycles. The van der Waals surface area contributed by atoms with Crippen LogP contribution in [0.3, 0.4) is 0 Å². The van der Waals surface area contributed by atoms with Crippen LogP contribution in [0, 0.1) is 52.8 Å². The van der Waals surface area contributed by atoms with Crippen LogP contribution in [0.15, 0.2) is 0 Å². The zero-order valence-electron chi connectivity index (χ0n) is 25.4. The Morgan fingerprint density at radius 3 is 1.27 bits per heavy atom. The first-order valence-electron chi connectivity index (χ1n) is 18.5. The summed E-state index contributed by atoms with van der Waals surface area (Å²) in [6.07, 6.45) is 28.8. The van der Waals surface area contributed by atoms with Crippen molar-refractivity contribution >= 4 is 0 Å². The Bertz CT molecular complexity index is 878. The predicted octanol–water partition coefficient (Wildman–Crippen LogP) is 7.14. The van der Waals surface area contributed by atoms with Crippen LogP contribution in [0.1, 0.15) is 128 Å². The number of rotatable bonds is 3. The van der Waals surface area contributed by atoms with Crippen LogP contribution in [0.25, 0.3) is 0 Å². The highest BCUT2D eigenvalue weighted by Gasteiger charge is 2.59. The fourth-order valence-corrected chi connectivity index (χ4v) is 13.3. The molecule has 12 unspecified atom stereocenters. The summed E-state index contributed by atoms with van der Waals surface area (Å²) < 4.78 is 0. The van der Waals surface area contributed by atoms with Crippen LogP contribution in [-0.4, -0.2) is 59.1 Å². The molecule has 5 saturated carbocycles. The van der Waals surface area contributed by atoms with Crippen molar-refractivity contribution in [2.75, 3.05) is 13.1 Å². The molecule has 12 atom stereocenters. The van der Waals surface area contributed by atoms with Gasteiger partial charge < -0.3 is 5.32 Å². The van der Waals surface area contributed by atoms with E-state index in [-0.39, 0.29) is 5.92 Å². The summed E-state index contributed by atoms with van der Waals surface area (Å²) in [5.41, 5.74) is 0. The Labute approximate surface area is 245 Å². The van der Waals surface area contributed by atoms with Crippen molar-refractivity contribution in [3.05, 3.63) is 0 Å². The van der Waals surface area contributed by atoms with Crippen LogP contribution >= 0.6 is 0 Å². The molecule has 1 N–H and O–H groups in total. The number of fused-ring (bicyclic) bond motifs is 6. The maximum atomic E-state index is 10.7. The van der Waals surface area contributed by atoms with Crippen LogP contribution < -0.4 is 5.32 Å². The lowest BCUT2D eigenvalue weighted by molar-refractivity contribution is -0.0554. The summed E-state index contributed by atoms with van der Waals surface area (Å²) in [6, 6.07) is 7.73. The number of hydrogen-bond donors (Lipinski definition) is 1. The second kappa shape index (κ2) is 11.5. The number of hydrogen-bond acceptors (Lipinski definition) is 4. The first-order chi connectivity index (χ1) is 19.8. The molecule has 0 bridgehead atoms. The first-order valence-corrected chi connectivity index (χ1v) is 18.5. The maximum absolute atomic E-state index is 10.7. The second-order valence-corrected chi connectivity index (χ2v) is 16.1. The number of nitriles is 1. The van der Waals surface area contributed by atoms with E-state index in [0.29, 0.717) is 18.0 Å². The summed E-state index contributed by atoms with van der Waals surface area (Å²) >= 11 is 0. The van der Waals surface area contributed by atoms with E-state index in [1.165, 1.54) is 142 Å². The minimum atomic E-state index is 0.279. The molecule has 3 saturated heterocycles. The smallest absolute Gasteiger partial charge is 0.0659 e. The molecule has 3 heterocycles. The average molecular weight is 547 g/mol. The Morgan fingerprint density at radius 2 is 0.850 bits per heavy atom. The molecule has 0 aromatic heterocycles. The molecule has 0 radical (unpaired) electrons. The number of nitrogens with zero attached hydrogens (tertiary/aromatic N) is 3. The van der Waals surface area contributed by atoms with Crippen molar-refractivity contribution in [3.63, 3.8) is 0 Å². The Kier molecular flexibility index (Phi) is 7.73. The maximum Gasteiger partial charge on any atom is 0.0659 e. The van der Waals surface area contributed by atoms with Crippen molar-refractivity contribution in [1.29, 1.82) is 5.26 Å². The molecule has 4 heteroatoms. The third-order valence-corrected chi connectivity index (χ3v) is 14.6. The quantitative estimate of drug-likeness (QED) is 0.409. The van der Waals surface area contributed by atoms with Gasteiger partial charge in [0, 0.05) is 36.3 Å². The van der Waals surface area contributed by atoms with Gasteiger partial charge in [-0.05, 0) is 126 Å². The van der Waals surface area contributed by atoms with E-state index in [9.17, 15) is 5.26 Å². The minimum Gasteiger partial charge on any atom is -0.317 e. The Hall–Kier alpha value is -0.630. The molecule has 0 spiro atoms. The lowest BCUT2D eigenvalue weighted by atomic mass is 9.66. The molecule has 8 fully saturated rings. The summed E-state index contributed by atoms with van der Waals surface area (Å²) in [5.74, 6) is 5.57. The number of likely N-dealkylation sites (tertiary alicyclic amines) is 2. The molecule has 40 heavy (non-hydrogen) atoms. The van der Waals surface area contributed by atoms with Crippen molar-refractivity contribution in [2.24, 2.45) is 41.4 Å². The summed E-state index contributed by atoms with van der Waals surface area (Å²) in [6.45, 7) is 2.35. The van der Waals surface area contributed by atoms with E-state index in [2.05, 4.69) is 21.2 Å². The largest absolute Gasteiger partial charge is 0.317 e. The lowest BCUT2D eigenvalue weighted by Crippen LogP contribution is -2.63. The third-order valence-electron chi connectivity index (χ3n) is 14.6. The van der Waals surface area contributed by atoms with Crippen molar-refractivity contribution in [3.8, 4) is 6.07 Å². The summed E-state index contributed by atoms with van der Waals surface area (Å²) in [5, 5.41) is 14.4. The van der Waals surface area contributed by atoms with Gasteiger partial charge >= 0.3 is 0 Å². The molecule has 0 aromatic carbocycles. The van der Waals surface area contributed by atoms with E-state index >= 15 is 0 Å². The Balaban J connectivity index is 1.18.